The van der Waals surface area contributed by atoms with E-state index in [1.165, 1.54) is 12.1 Å². The summed E-state index contributed by atoms with van der Waals surface area (Å²) in [5, 5.41) is 2.15. The molecule has 2 aliphatic rings. The predicted octanol–water partition coefficient (Wildman–Crippen LogP) is 4.62. The molecular formula is C20H24BrFN2O4S. The molecule has 1 aromatic rings. The van der Waals surface area contributed by atoms with Crippen molar-refractivity contribution in [1.82, 2.24) is 4.90 Å². The third-order valence-corrected chi connectivity index (χ3v) is 6.28. The van der Waals surface area contributed by atoms with Crippen molar-refractivity contribution in [3.8, 4) is 5.75 Å². The summed E-state index contributed by atoms with van der Waals surface area (Å²) in [5.74, 6) is -0.320. The minimum absolute atomic E-state index is 0.0349. The van der Waals surface area contributed by atoms with Gasteiger partial charge in [-0.3, -0.25) is 0 Å². The van der Waals surface area contributed by atoms with E-state index in [2.05, 4.69) is 20.9 Å². The highest BCUT2D eigenvalue weighted by Gasteiger charge is 2.32. The number of piperidine rings is 1. The van der Waals surface area contributed by atoms with Crippen molar-refractivity contribution in [2.24, 2.45) is 10.9 Å². The second-order valence-electron chi connectivity index (χ2n) is 7.96. The molecule has 0 radical (unpaired) electrons. The predicted molar refractivity (Wildman–Crippen MR) is 114 cm³/mol. The molecule has 1 saturated heterocycles. The van der Waals surface area contributed by atoms with Gasteiger partial charge in [-0.2, -0.15) is 0 Å². The van der Waals surface area contributed by atoms with Crippen LogP contribution in [0.25, 0.3) is 0 Å². The number of halogens is 2. The monoisotopic (exact) mass is 486 g/mol. The van der Waals surface area contributed by atoms with E-state index in [1.807, 2.05) is 20.8 Å². The van der Waals surface area contributed by atoms with Gasteiger partial charge in [-0.1, -0.05) is 15.9 Å². The summed E-state index contributed by atoms with van der Waals surface area (Å²) in [5.41, 5.74) is -0.00631. The second-order valence-corrected chi connectivity index (χ2v) is 10.1. The minimum atomic E-state index is -1.32. The van der Waals surface area contributed by atoms with Crippen LogP contribution in [-0.4, -0.2) is 45.5 Å². The van der Waals surface area contributed by atoms with Crippen molar-refractivity contribution in [2.45, 2.75) is 39.2 Å². The van der Waals surface area contributed by atoms with Crippen LogP contribution in [0.4, 0.5) is 9.18 Å². The molecule has 0 aliphatic carbocycles. The van der Waals surface area contributed by atoms with E-state index in [-0.39, 0.29) is 24.4 Å². The quantitative estimate of drug-likeness (QED) is 0.622. The van der Waals surface area contributed by atoms with E-state index in [0.29, 0.717) is 41.1 Å². The first-order chi connectivity index (χ1) is 13.6. The van der Waals surface area contributed by atoms with Gasteiger partial charge in [0.1, 0.15) is 17.3 Å². The van der Waals surface area contributed by atoms with Crippen molar-refractivity contribution in [2.75, 3.05) is 19.7 Å². The molecule has 0 N–H and O–H groups in total. The molecule has 1 unspecified atom stereocenters. The zero-order chi connectivity index (χ0) is 21.2. The lowest BCUT2D eigenvalue weighted by Crippen LogP contribution is -2.43. The minimum Gasteiger partial charge on any atom is -0.484 e. The highest BCUT2D eigenvalue weighted by Crippen LogP contribution is 2.27. The van der Waals surface area contributed by atoms with Crippen molar-refractivity contribution in [3.63, 3.8) is 0 Å². The Bertz CT molecular complexity index is 874. The van der Waals surface area contributed by atoms with Gasteiger partial charge in [0.05, 0.1) is 16.5 Å². The van der Waals surface area contributed by atoms with Crippen LogP contribution in [0.3, 0.4) is 0 Å². The van der Waals surface area contributed by atoms with Gasteiger partial charge in [0.25, 0.3) is 0 Å². The molecule has 0 aromatic heterocycles. The van der Waals surface area contributed by atoms with E-state index < -0.39 is 22.2 Å². The number of carbonyl (C=O) groups is 1. The van der Waals surface area contributed by atoms with E-state index in [9.17, 15) is 13.4 Å². The fourth-order valence-electron chi connectivity index (χ4n) is 3.10. The van der Waals surface area contributed by atoms with E-state index >= 15 is 0 Å². The van der Waals surface area contributed by atoms with Crippen LogP contribution in [0.2, 0.25) is 0 Å². The summed E-state index contributed by atoms with van der Waals surface area (Å²) in [4.78, 5) is 18.3. The first kappa shape index (κ1) is 22.0. The summed E-state index contributed by atoms with van der Waals surface area (Å²) in [6.07, 6.45) is 1.02. The summed E-state index contributed by atoms with van der Waals surface area (Å²) >= 11 is 3.20. The van der Waals surface area contributed by atoms with E-state index in [1.54, 1.807) is 16.4 Å². The number of hydrogen-bond donors (Lipinski definition) is 0. The van der Waals surface area contributed by atoms with Crippen LogP contribution >= 0.6 is 15.9 Å². The summed E-state index contributed by atoms with van der Waals surface area (Å²) < 4.78 is 37.8. The summed E-state index contributed by atoms with van der Waals surface area (Å²) in [6.45, 7) is 6.62. The first-order valence-corrected chi connectivity index (χ1v) is 11.4. The fraction of sp³-hybridized carbons (Fsp3) is 0.500. The number of benzene rings is 1. The number of amides is 1. The molecule has 3 rings (SSSR count). The van der Waals surface area contributed by atoms with Crippen LogP contribution in [0.15, 0.2) is 38.8 Å². The molecule has 1 aromatic carbocycles. The SMILES string of the molecule is CC(C)(C)OC(=O)N1CCC(C2=NC(COc3ccc(Br)cc3F)=CS2=O)CC1. The molecule has 1 amide bonds. The van der Waals surface area contributed by atoms with Gasteiger partial charge < -0.3 is 14.4 Å². The maximum atomic E-state index is 13.9. The van der Waals surface area contributed by atoms with Crippen molar-refractivity contribution in [1.29, 1.82) is 0 Å². The Labute approximate surface area is 180 Å². The van der Waals surface area contributed by atoms with Gasteiger partial charge in [0.15, 0.2) is 11.6 Å². The number of hydrogen-bond acceptors (Lipinski definition) is 5. The number of aliphatic imine (C=N–C) groups is 1. The molecule has 0 bridgehead atoms. The maximum absolute atomic E-state index is 13.9. The molecule has 1 atom stereocenters. The smallest absolute Gasteiger partial charge is 0.410 e. The molecule has 2 aliphatic heterocycles. The average molecular weight is 487 g/mol. The normalized spacial score (nSPS) is 20.3. The number of rotatable bonds is 4. The first-order valence-electron chi connectivity index (χ1n) is 9.38. The van der Waals surface area contributed by atoms with Crippen LogP contribution in [-0.2, 0) is 15.5 Å². The molecule has 1 fully saturated rings. The topological polar surface area (TPSA) is 68.2 Å². The van der Waals surface area contributed by atoms with Crippen LogP contribution in [0.1, 0.15) is 33.6 Å². The van der Waals surface area contributed by atoms with E-state index in [4.69, 9.17) is 9.47 Å². The van der Waals surface area contributed by atoms with Gasteiger partial charge in [-0.15, -0.1) is 0 Å². The number of nitrogens with zero attached hydrogens (tertiary/aromatic N) is 2. The Hall–Kier alpha value is -1.74. The Morgan fingerprint density at radius 3 is 2.66 bits per heavy atom. The van der Waals surface area contributed by atoms with Crippen LogP contribution in [0.5, 0.6) is 5.75 Å². The van der Waals surface area contributed by atoms with Crippen molar-refractivity contribution < 1.29 is 22.9 Å². The van der Waals surface area contributed by atoms with Gasteiger partial charge in [0, 0.05) is 28.9 Å². The Morgan fingerprint density at radius 1 is 1.34 bits per heavy atom. The summed E-state index contributed by atoms with van der Waals surface area (Å²) in [7, 11) is -1.32. The molecule has 0 saturated carbocycles. The highest BCUT2D eigenvalue weighted by molar-refractivity contribution is 9.10. The van der Waals surface area contributed by atoms with E-state index in [0.717, 1.165) is 0 Å². The zero-order valence-corrected chi connectivity index (χ0v) is 19.0. The molecule has 0 spiro atoms. The molecule has 29 heavy (non-hydrogen) atoms. The lowest BCUT2D eigenvalue weighted by Gasteiger charge is -2.33. The molecular weight excluding hydrogens is 463 g/mol. The average Bonchev–Trinajstić information content (AvgIpc) is 3.00. The second kappa shape index (κ2) is 8.95. The number of likely N-dealkylation sites (tertiary alicyclic amines) is 1. The summed E-state index contributed by atoms with van der Waals surface area (Å²) in [6, 6.07) is 4.54. The molecule has 2 heterocycles. The lowest BCUT2D eigenvalue weighted by molar-refractivity contribution is 0.0202. The third kappa shape index (κ3) is 5.88. The molecule has 158 valence electrons. The number of ether oxygens (including phenoxy) is 2. The van der Waals surface area contributed by atoms with Crippen LogP contribution < -0.4 is 4.74 Å². The van der Waals surface area contributed by atoms with Gasteiger partial charge >= 0.3 is 6.09 Å². The van der Waals surface area contributed by atoms with Crippen LogP contribution in [0, 0.1) is 11.7 Å². The Morgan fingerprint density at radius 2 is 2.03 bits per heavy atom. The fourth-order valence-corrected chi connectivity index (χ4v) is 4.69. The maximum Gasteiger partial charge on any atom is 0.410 e. The Balaban J connectivity index is 1.54. The Kier molecular flexibility index (Phi) is 6.78. The number of carbonyl (C=O) groups excluding carboxylic acids is 1. The largest absolute Gasteiger partial charge is 0.484 e. The van der Waals surface area contributed by atoms with Gasteiger partial charge in [0.2, 0.25) is 0 Å². The standard InChI is InChI=1S/C20H24BrFN2O4S/c1-20(2,3)28-19(25)24-8-6-13(7-9-24)18-23-15(12-29(18)26)11-27-17-5-4-14(21)10-16(17)22/h4-5,10,12-13H,6-9,11H2,1-3H3. The lowest BCUT2D eigenvalue weighted by atomic mass is 9.98. The van der Waals surface area contributed by atoms with Gasteiger partial charge in [-0.05, 0) is 51.8 Å². The van der Waals surface area contributed by atoms with Crippen molar-refractivity contribution in [3.05, 3.63) is 39.6 Å². The molecule has 6 nitrogen and oxygen atoms in total. The third-order valence-electron chi connectivity index (χ3n) is 4.47. The van der Waals surface area contributed by atoms with Gasteiger partial charge in [-0.25, -0.2) is 18.4 Å². The zero-order valence-electron chi connectivity index (χ0n) is 16.6. The highest BCUT2D eigenvalue weighted by atomic mass is 79.9. The van der Waals surface area contributed by atoms with Crippen molar-refractivity contribution >= 4 is 37.9 Å². The molecule has 9 heteroatoms.